The summed E-state index contributed by atoms with van der Waals surface area (Å²) in [5, 5.41) is 5.92. The van der Waals surface area contributed by atoms with Gasteiger partial charge in [-0.25, -0.2) is 13.4 Å². The van der Waals surface area contributed by atoms with Gasteiger partial charge in [-0.1, -0.05) is 12.1 Å². The van der Waals surface area contributed by atoms with Crippen LogP contribution in [-0.4, -0.2) is 45.0 Å². The Labute approximate surface area is 163 Å². The third-order valence-electron chi connectivity index (χ3n) is 5.19. The summed E-state index contributed by atoms with van der Waals surface area (Å²) >= 11 is 0. The van der Waals surface area contributed by atoms with E-state index in [9.17, 15) is 13.2 Å². The second-order valence-corrected chi connectivity index (χ2v) is 8.82. The molecule has 2 atom stereocenters. The molecule has 4 rings (SSSR count). The van der Waals surface area contributed by atoms with Crippen molar-refractivity contribution < 1.29 is 22.7 Å². The lowest BCUT2D eigenvalue weighted by molar-refractivity contribution is -0.131. The number of sulfone groups is 1. The fourth-order valence-corrected chi connectivity index (χ4v) is 5.64. The maximum atomic E-state index is 12.9. The Kier molecular flexibility index (Phi) is 4.38. The molecule has 0 saturated carbocycles. The van der Waals surface area contributed by atoms with Gasteiger partial charge in [-0.05, 0) is 35.9 Å². The van der Waals surface area contributed by atoms with E-state index in [4.69, 9.17) is 9.47 Å². The maximum Gasteiger partial charge on any atom is 0.240 e. The Morgan fingerprint density at radius 3 is 2.32 bits per heavy atom. The van der Waals surface area contributed by atoms with Crippen molar-refractivity contribution in [3.63, 3.8) is 0 Å². The Morgan fingerprint density at radius 2 is 1.71 bits per heavy atom. The van der Waals surface area contributed by atoms with Gasteiger partial charge >= 0.3 is 0 Å². The third-order valence-corrected chi connectivity index (χ3v) is 7.01. The van der Waals surface area contributed by atoms with E-state index in [0.29, 0.717) is 22.8 Å². The van der Waals surface area contributed by atoms with Gasteiger partial charge < -0.3 is 9.47 Å². The molecule has 0 bridgehead atoms. The SMILES string of the molecule is COc1ccc([C@@H]2[C@@H]3CS(=O)(=O)c4ccc(OC)cc4C3=NN2C(C)=O)cc1. The molecule has 146 valence electrons. The first-order valence-corrected chi connectivity index (χ1v) is 10.4. The van der Waals surface area contributed by atoms with Crippen molar-refractivity contribution in [1.29, 1.82) is 0 Å². The zero-order valence-electron chi connectivity index (χ0n) is 15.7. The summed E-state index contributed by atoms with van der Waals surface area (Å²) in [5.74, 6) is 0.417. The molecule has 0 spiro atoms. The van der Waals surface area contributed by atoms with Crippen molar-refractivity contribution in [3.05, 3.63) is 53.6 Å². The zero-order chi connectivity index (χ0) is 20.1. The highest BCUT2D eigenvalue weighted by molar-refractivity contribution is 7.91. The van der Waals surface area contributed by atoms with Crippen LogP contribution >= 0.6 is 0 Å². The Bertz CT molecular complexity index is 1080. The molecule has 0 N–H and O–H groups in total. The van der Waals surface area contributed by atoms with Crippen LogP contribution in [-0.2, 0) is 14.6 Å². The highest BCUT2D eigenvalue weighted by Crippen LogP contribution is 2.44. The minimum Gasteiger partial charge on any atom is -0.497 e. The molecule has 1 amide bonds. The van der Waals surface area contributed by atoms with E-state index >= 15 is 0 Å². The molecule has 0 saturated heterocycles. The van der Waals surface area contributed by atoms with Gasteiger partial charge in [0.2, 0.25) is 5.91 Å². The molecule has 2 heterocycles. The number of amides is 1. The largest absolute Gasteiger partial charge is 0.497 e. The van der Waals surface area contributed by atoms with E-state index in [1.54, 1.807) is 37.4 Å². The molecule has 2 aliphatic heterocycles. The minimum atomic E-state index is -3.52. The summed E-state index contributed by atoms with van der Waals surface area (Å²) in [6.45, 7) is 1.43. The second-order valence-electron chi connectivity index (χ2n) is 6.82. The van der Waals surface area contributed by atoms with Gasteiger partial charge in [0.25, 0.3) is 0 Å². The molecule has 0 radical (unpaired) electrons. The number of carbonyl (C=O) groups is 1. The maximum absolute atomic E-state index is 12.9. The number of methoxy groups -OCH3 is 2. The normalized spacial score (nSPS) is 22.1. The molecular weight excluding hydrogens is 380 g/mol. The highest BCUT2D eigenvalue weighted by Gasteiger charge is 2.47. The topological polar surface area (TPSA) is 85.3 Å². The number of ether oxygens (including phenoxy) is 2. The average molecular weight is 400 g/mol. The molecule has 0 unspecified atom stereocenters. The van der Waals surface area contributed by atoms with Gasteiger partial charge in [0, 0.05) is 18.4 Å². The van der Waals surface area contributed by atoms with Gasteiger partial charge in [0.15, 0.2) is 9.84 Å². The molecule has 0 fully saturated rings. The van der Waals surface area contributed by atoms with Crippen molar-refractivity contribution in [1.82, 2.24) is 5.01 Å². The number of benzene rings is 2. The summed E-state index contributed by atoms with van der Waals surface area (Å²) in [7, 11) is -0.425. The summed E-state index contributed by atoms with van der Waals surface area (Å²) < 4.78 is 36.4. The molecule has 2 aliphatic rings. The van der Waals surface area contributed by atoms with Crippen molar-refractivity contribution in [2.45, 2.75) is 17.9 Å². The van der Waals surface area contributed by atoms with Gasteiger partial charge in [0.05, 0.1) is 36.6 Å². The Balaban J connectivity index is 1.87. The molecule has 0 aliphatic carbocycles. The number of fused-ring (bicyclic) bond motifs is 3. The Hall–Kier alpha value is -2.87. The second kappa shape index (κ2) is 6.63. The Morgan fingerprint density at radius 1 is 1.07 bits per heavy atom. The molecule has 2 aromatic carbocycles. The molecular formula is C20H20N2O5S. The first-order chi connectivity index (χ1) is 13.4. The van der Waals surface area contributed by atoms with Crippen LogP contribution in [0.2, 0.25) is 0 Å². The van der Waals surface area contributed by atoms with E-state index in [1.165, 1.54) is 19.0 Å². The van der Waals surface area contributed by atoms with Crippen molar-refractivity contribution in [2.75, 3.05) is 20.0 Å². The predicted octanol–water partition coefficient (Wildman–Crippen LogP) is 2.41. The molecule has 28 heavy (non-hydrogen) atoms. The molecule has 8 heteroatoms. The first kappa shape index (κ1) is 18.5. The van der Waals surface area contributed by atoms with E-state index in [2.05, 4.69) is 5.10 Å². The van der Waals surface area contributed by atoms with Crippen molar-refractivity contribution in [3.8, 4) is 11.5 Å². The van der Waals surface area contributed by atoms with E-state index in [0.717, 1.165) is 5.56 Å². The predicted molar refractivity (Wildman–Crippen MR) is 103 cm³/mol. The number of hydrazone groups is 1. The van der Waals surface area contributed by atoms with Gasteiger partial charge in [-0.3, -0.25) is 4.79 Å². The fourth-order valence-electron chi connectivity index (χ4n) is 3.87. The molecule has 0 aromatic heterocycles. The fraction of sp³-hybridized carbons (Fsp3) is 0.300. The van der Waals surface area contributed by atoms with Crippen LogP contribution in [0.15, 0.2) is 52.5 Å². The number of carbonyl (C=O) groups excluding carboxylic acids is 1. The number of nitrogens with zero attached hydrogens (tertiary/aromatic N) is 2. The van der Waals surface area contributed by atoms with E-state index in [-0.39, 0.29) is 16.6 Å². The molecule has 7 nitrogen and oxygen atoms in total. The van der Waals surface area contributed by atoms with Gasteiger partial charge in [-0.2, -0.15) is 5.10 Å². The highest BCUT2D eigenvalue weighted by atomic mass is 32.2. The summed E-state index contributed by atoms with van der Waals surface area (Å²) in [6.07, 6.45) is 0. The van der Waals surface area contributed by atoms with E-state index in [1.807, 2.05) is 12.1 Å². The number of hydrogen-bond acceptors (Lipinski definition) is 6. The first-order valence-electron chi connectivity index (χ1n) is 8.79. The number of rotatable bonds is 3. The van der Waals surface area contributed by atoms with Crippen LogP contribution in [0.25, 0.3) is 0 Å². The van der Waals surface area contributed by atoms with Gasteiger partial charge in [0.1, 0.15) is 11.5 Å². The van der Waals surface area contributed by atoms with Crippen LogP contribution in [0.3, 0.4) is 0 Å². The summed E-state index contributed by atoms with van der Waals surface area (Å²) in [5.41, 5.74) is 1.90. The van der Waals surface area contributed by atoms with Crippen LogP contribution in [0.1, 0.15) is 24.1 Å². The van der Waals surface area contributed by atoms with E-state index < -0.39 is 21.8 Å². The monoisotopic (exact) mass is 400 g/mol. The van der Waals surface area contributed by atoms with Crippen molar-refractivity contribution in [2.24, 2.45) is 11.0 Å². The quantitative estimate of drug-likeness (QED) is 0.790. The summed E-state index contributed by atoms with van der Waals surface area (Å²) in [6, 6.07) is 11.6. The van der Waals surface area contributed by atoms with Gasteiger partial charge in [-0.15, -0.1) is 0 Å². The number of hydrogen-bond donors (Lipinski definition) is 0. The van der Waals surface area contributed by atoms with Crippen LogP contribution in [0.4, 0.5) is 0 Å². The van der Waals surface area contributed by atoms with Crippen molar-refractivity contribution >= 4 is 21.5 Å². The smallest absolute Gasteiger partial charge is 0.240 e. The standard InChI is InChI=1S/C20H20N2O5S/c1-12(23)22-20(13-4-6-14(26-2)7-5-13)17-11-28(24,25)18-9-8-15(27-3)10-16(18)19(17)21-22/h4-10,17,20H,11H2,1-3H3/t17-,20-/m1/s1. The summed E-state index contributed by atoms with van der Waals surface area (Å²) in [4.78, 5) is 12.5. The lowest BCUT2D eigenvalue weighted by atomic mass is 9.88. The lowest BCUT2D eigenvalue weighted by Gasteiger charge is -2.29. The van der Waals surface area contributed by atoms with Crippen LogP contribution in [0, 0.1) is 5.92 Å². The van der Waals surface area contributed by atoms with Crippen LogP contribution < -0.4 is 9.47 Å². The minimum absolute atomic E-state index is 0.106. The molecule has 2 aromatic rings. The van der Waals surface area contributed by atoms with Crippen LogP contribution in [0.5, 0.6) is 11.5 Å². The zero-order valence-corrected chi connectivity index (χ0v) is 16.6. The average Bonchev–Trinajstić information content (AvgIpc) is 3.06. The third kappa shape index (κ3) is 2.84. The lowest BCUT2D eigenvalue weighted by Crippen LogP contribution is -2.36.